The second-order valence-corrected chi connectivity index (χ2v) is 4.84. The van der Waals surface area contributed by atoms with Crippen molar-refractivity contribution >= 4 is 11.3 Å². The summed E-state index contributed by atoms with van der Waals surface area (Å²) in [5, 5.41) is 2.80. The fraction of sp³-hybridized carbons (Fsp3) is 0.250. The highest BCUT2D eigenvalue weighted by atomic mass is 32.1. The molecule has 0 amide bonds. The van der Waals surface area contributed by atoms with E-state index in [2.05, 4.69) is 4.98 Å². The van der Waals surface area contributed by atoms with Crippen LogP contribution >= 0.6 is 11.3 Å². The van der Waals surface area contributed by atoms with Crippen molar-refractivity contribution in [3.05, 3.63) is 51.5 Å². The minimum atomic E-state index is -0.606. The average molecular weight is 254 g/mol. The Morgan fingerprint density at radius 3 is 2.47 bits per heavy atom. The molecule has 90 valence electrons. The van der Waals surface area contributed by atoms with Gasteiger partial charge in [0.2, 0.25) is 0 Å². The summed E-state index contributed by atoms with van der Waals surface area (Å²) < 4.78 is 26.0. The van der Waals surface area contributed by atoms with Crippen LogP contribution in [0.3, 0.4) is 0 Å². The molecule has 0 fully saturated rings. The first-order valence-electron chi connectivity index (χ1n) is 5.17. The van der Waals surface area contributed by atoms with Gasteiger partial charge in [0.25, 0.3) is 0 Å². The number of aromatic nitrogens is 1. The lowest BCUT2D eigenvalue weighted by Gasteiger charge is -2.10. The highest BCUT2D eigenvalue weighted by molar-refractivity contribution is 7.09. The summed E-state index contributed by atoms with van der Waals surface area (Å²) in [5.41, 5.74) is 7.29. The summed E-state index contributed by atoms with van der Waals surface area (Å²) in [6.45, 7) is 1.90. The molecule has 0 aliphatic rings. The molecule has 0 bridgehead atoms. The molecule has 0 saturated carbocycles. The monoisotopic (exact) mass is 254 g/mol. The van der Waals surface area contributed by atoms with Crippen LogP contribution in [0.15, 0.2) is 23.6 Å². The topological polar surface area (TPSA) is 38.9 Å². The number of nitrogens with two attached hydrogens (primary N) is 1. The lowest BCUT2D eigenvalue weighted by atomic mass is 10.0. The van der Waals surface area contributed by atoms with Crippen molar-refractivity contribution in [1.29, 1.82) is 0 Å². The van der Waals surface area contributed by atoms with Gasteiger partial charge in [-0.05, 0) is 24.6 Å². The van der Waals surface area contributed by atoms with Crippen LogP contribution in [0.25, 0.3) is 0 Å². The summed E-state index contributed by atoms with van der Waals surface area (Å²) in [4.78, 5) is 4.27. The van der Waals surface area contributed by atoms with Crippen molar-refractivity contribution in [2.24, 2.45) is 5.73 Å². The standard InChI is InChI=1S/C12H12F2N2S/c1-7-6-17-12(16-7)5-11(15)8-2-9(13)4-10(14)3-8/h2-4,6,11H,5,15H2,1H3. The molecule has 0 aliphatic carbocycles. The molecule has 2 aromatic rings. The summed E-state index contributed by atoms with van der Waals surface area (Å²) in [6, 6.07) is 2.91. The van der Waals surface area contributed by atoms with Crippen molar-refractivity contribution in [3.8, 4) is 0 Å². The summed E-state index contributed by atoms with van der Waals surface area (Å²) in [5.74, 6) is -1.21. The molecule has 1 heterocycles. The van der Waals surface area contributed by atoms with Crippen molar-refractivity contribution in [1.82, 2.24) is 4.98 Å². The van der Waals surface area contributed by atoms with Crippen molar-refractivity contribution in [2.75, 3.05) is 0 Å². The van der Waals surface area contributed by atoms with E-state index < -0.39 is 17.7 Å². The Morgan fingerprint density at radius 2 is 1.94 bits per heavy atom. The smallest absolute Gasteiger partial charge is 0.126 e. The Morgan fingerprint density at radius 1 is 1.29 bits per heavy atom. The largest absolute Gasteiger partial charge is 0.324 e. The molecule has 17 heavy (non-hydrogen) atoms. The number of hydrogen-bond donors (Lipinski definition) is 1. The van der Waals surface area contributed by atoms with E-state index in [1.54, 1.807) is 0 Å². The summed E-state index contributed by atoms with van der Waals surface area (Å²) in [7, 11) is 0. The number of halogens is 2. The van der Waals surface area contributed by atoms with Crippen molar-refractivity contribution in [2.45, 2.75) is 19.4 Å². The van der Waals surface area contributed by atoms with Gasteiger partial charge in [-0.1, -0.05) is 0 Å². The van der Waals surface area contributed by atoms with Gasteiger partial charge < -0.3 is 5.73 Å². The molecule has 2 rings (SSSR count). The van der Waals surface area contributed by atoms with Crippen LogP contribution in [0.2, 0.25) is 0 Å². The zero-order valence-electron chi connectivity index (χ0n) is 9.28. The Bertz CT molecular complexity index is 505. The van der Waals surface area contributed by atoms with Crippen LogP contribution in [0.1, 0.15) is 22.3 Å². The molecule has 2 N–H and O–H groups in total. The molecule has 0 saturated heterocycles. The number of aryl methyl sites for hydroxylation is 1. The van der Waals surface area contributed by atoms with Crippen LogP contribution in [0, 0.1) is 18.6 Å². The fourth-order valence-electron chi connectivity index (χ4n) is 1.59. The lowest BCUT2D eigenvalue weighted by molar-refractivity contribution is 0.572. The van der Waals surface area contributed by atoms with Gasteiger partial charge in [-0.2, -0.15) is 0 Å². The summed E-state index contributed by atoms with van der Waals surface area (Å²) >= 11 is 1.50. The van der Waals surface area contributed by atoms with Gasteiger partial charge in [0.15, 0.2) is 0 Å². The third-order valence-electron chi connectivity index (χ3n) is 2.37. The van der Waals surface area contributed by atoms with Gasteiger partial charge in [-0.25, -0.2) is 13.8 Å². The highest BCUT2D eigenvalue weighted by Gasteiger charge is 2.11. The Hall–Kier alpha value is -1.33. The molecule has 1 unspecified atom stereocenters. The van der Waals surface area contributed by atoms with E-state index >= 15 is 0 Å². The quantitative estimate of drug-likeness (QED) is 0.914. The highest BCUT2D eigenvalue weighted by Crippen LogP contribution is 2.20. The normalized spacial score (nSPS) is 12.7. The minimum absolute atomic E-state index is 0.439. The molecule has 1 aromatic heterocycles. The first-order valence-corrected chi connectivity index (χ1v) is 6.05. The van der Waals surface area contributed by atoms with Gasteiger partial charge in [0.05, 0.1) is 5.01 Å². The zero-order chi connectivity index (χ0) is 12.4. The predicted molar refractivity (Wildman–Crippen MR) is 63.8 cm³/mol. The van der Waals surface area contributed by atoms with Crippen LogP contribution in [0.4, 0.5) is 8.78 Å². The van der Waals surface area contributed by atoms with Crippen LogP contribution in [0.5, 0.6) is 0 Å². The van der Waals surface area contributed by atoms with Gasteiger partial charge in [-0.15, -0.1) is 11.3 Å². The molecule has 2 nitrogen and oxygen atoms in total. The fourth-order valence-corrected chi connectivity index (χ4v) is 2.42. The Labute approximate surface area is 102 Å². The van der Waals surface area contributed by atoms with E-state index in [0.29, 0.717) is 12.0 Å². The maximum atomic E-state index is 13.0. The van der Waals surface area contributed by atoms with Gasteiger partial charge >= 0.3 is 0 Å². The minimum Gasteiger partial charge on any atom is -0.324 e. The van der Waals surface area contributed by atoms with E-state index in [-0.39, 0.29) is 0 Å². The molecule has 0 radical (unpaired) electrons. The lowest BCUT2D eigenvalue weighted by Crippen LogP contribution is -2.13. The maximum absolute atomic E-state index is 13.0. The predicted octanol–water partition coefficient (Wildman–Crippen LogP) is 2.97. The molecule has 1 atom stereocenters. The average Bonchev–Trinajstić information content (AvgIpc) is 2.62. The van der Waals surface area contributed by atoms with E-state index in [0.717, 1.165) is 16.8 Å². The summed E-state index contributed by atoms with van der Waals surface area (Å²) in [6.07, 6.45) is 0.487. The third-order valence-corrected chi connectivity index (χ3v) is 3.36. The number of rotatable bonds is 3. The van der Waals surface area contributed by atoms with E-state index in [9.17, 15) is 8.78 Å². The van der Waals surface area contributed by atoms with Gasteiger partial charge in [0.1, 0.15) is 11.6 Å². The Kier molecular flexibility index (Phi) is 3.49. The van der Waals surface area contributed by atoms with E-state index in [4.69, 9.17) is 5.73 Å². The van der Waals surface area contributed by atoms with Crippen molar-refractivity contribution in [3.63, 3.8) is 0 Å². The van der Waals surface area contributed by atoms with Crippen LogP contribution in [-0.4, -0.2) is 4.98 Å². The molecule has 0 aliphatic heterocycles. The van der Waals surface area contributed by atoms with E-state index in [1.165, 1.54) is 23.5 Å². The second kappa shape index (κ2) is 4.89. The SMILES string of the molecule is Cc1csc(CC(N)c2cc(F)cc(F)c2)n1. The first kappa shape index (κ1) is 12.1. The number of hydrogen-bond acceptors (Lipinski definition) is 3. The molecule has 0 spiro atoms. The maximum Gasteiger partial charge on any atom is 0.126 e. The van der Waals surface area contributed by atoms with Gasteiger partial charge in [-0.3, -0.25) is 0 Å². The number of benzene rings is 1. The molecule has 5 heteroatoms. The molecule has 1 aromatic carbocycles. The molecular formula is C12H12F2N2S. The number of nitrogens with zero attached hydrogens (tertiary/aromatic N) is 1. The number of thiazole rings is 1. The van der Waals surface area contributed by atoms with E-state index in [1.807, 2.05) is 12.3 Å². The van der Waals surface area contributed by atoms with Crippen LogP contribution < -0.4 is 5.73 Å². The second-order valence-electron chi connectivity index (χ2n) is 3.90. The molecular weight excluding hydrogens is 242 g/mol. The van der Waals surface area contributed by atoms with Crippen LogP contribution in [-0.2, 0) is 6.42 Å². The van der Waals surface area contributed by atoms with Crippen molar-refractivity contribution < 1.29 is 8.78 Å². The third kappa shape index (κ3) is 3.08. The Balaban J connectivity index is 2.16. The van der Waals surface area contributed by atoms with Gasteiger partial charge in [0, 0.05) is 29.6 Å². The zero-order valence-corrected chi connectivity index (χ0v) is 10.1. The first-order chi connectivity index (χ1) is 8.04.